The first-order valence-electron chi connectivity index (χ1n) is 6.52. The molecule has 2 aliphatic carbocycles. The number of nitrogens with zero attached hydrogens (tertiary/aromatic N) is 1. The Labute approximate surface area is 92.0 Å². The summed E-state index contributed by atoms with van der Waals surface area (Å²) in [6.07, 6.45) is 5.18. The molecule has 1 saturated heterocycles. The monoisotopic (exact) mass is 207 g/mol. The Balaban J connectivity index is 1.81. The van der Waals surface area contributed by atoms with Crippen molar-refractivity contribution in [2.24, 2.45) is 23.7 Å². The van der Waals surface area contributed by atoms with Crippen molar-refractivity contribution in [2.45, 2.75) is 45.6 Å². The summed E-state index contributed by atoms with van der Waals surface area (Å²) >= 11 is 0. The number of rotatable bonds is 2. The van der Waals surface area contributed by atoms with Gasteiger partial charge in [0.25, 0.3) is 0 Å². The molecule has 2 heteroatoms. The first-order chi connectivity index (χ1) is 7.22. The molecule has 1 heterocycles. The number of amides is 1. The van der Waals surface area contributed by atoms with Crippen LogP contribution in [-0.2, 0) is 4.79 Å². The second kappa shape index (κ2) is 3.23. The summed E-state index contributed by atoms with van der Waals surface area (Å²) in [6, 6.07) is 0.461. The molecule has 84 valence electrons. The van der Waals surface area contributed by atoms with Gasteiger partial charge in [0, 0.05) is 18.5 Å². The van der Waals surface area contributed by atoms with Crippen molar-refractivity contribution in [3.63, 3.8) is 0 Å². The van der Waals surface area contributed by atoms with Crippen LogP contribution < -0.4 is 0 Å². The number of likely N-dealkylation sites (tertiary alicyclic amines) is 1. The van der Waals surface area contributed by atoms with Crippen LogP contribution in [0.15, 0.2) is 0 Å². The van der Waals surface area contributed by atoms with E-state index in [1.54, 1.807) is 0 Å². The van der Waals surface area contributed by atoms with Crippen molar-refractivity contribution in [3.05, 3.63) is 0 Å². The maximum absolute atomic E-state index is 12.3. The summed E-state index contributed by atoms with van der Waals surface area (Å²) in [5.74, 6) is 3.28. The third-order valence-electron chi connectivity index (χ3n) is 5.19. The Hall–Kier alpha value is -0.530. The lowest BCUT2D eigenvalue weighted by atomic mass is 9.81. The van der Waals surface area contributed by atoms with E-state index in [9.17, 15) is 4.79 Å². The Morgan fingerprint density at radius 3 is 2.80 bits per heavy atom. The molecular weight excluding hydrogens is 186 g/mol. The van der Waals surface area contributed by atoms with E-state index in [-0.39, 0.29) is 0 Å². The van der Waals surface area contributed by atoms with Crippen LogP contribution in [0.25, 0.3) is 0 Å². The van der Waals surface area contributed by atoms with Gasteiger partial charge in [-0.15, -0.1) is 0 Å². The number of fused-ring (bicyclic) bond motifs is 5. The van der Waals surface area contributed by atoms with Crippen molar-refractivity contribution in [2.75, 3.05) is 6.54 Å². The predicted octanol–water partition coefficient (Wildman–Crippen LogP) is 2.29. The summed E-state index contributed by atoms with van der Waals surface area (Å²) in [4.78, 5) is 14.5. The topological polar surface area (TPSA) is 20.3 Å². The lowest BCUT2D eigenvalue weighted by Gasteiger charge is -2.25. The molecule has 2 saturated carbocycles. The van der Waals surface area contributed by atoms with Gasteiger partial charge in [-0.1, -0.05) is 6.92 Å². The molecule has 3 fully saturated rings. The molecule has 3 rings (SSSR count). The molecule has 2 bridgehead atoms. The fraction of sp³-hybridized carbons (Fsp3) is 0.923. The molecule has 0 N–H and O–H groups in total. The van der Waals surface area contributed by atoms with Crippen molar-refractivity contribution >= 4 is 5.91 Å². The summed E-state index contributed by atoms with van der Waals surface area (Å²) in [5, 5.41) is 0. The number of hydrogen-bond donors (Lipinski definition) is 0. The van der Waals surface area contributed by atoms with Gasteiger partial charge < -0.3 is 4.90 Å². The highest BCUT2D eigenvalue weighted by molar-refractivity contribution is 5.82. The SMILES string of the molecule is CCC(C)N1CC2C3CCC(C3)C2C1=O. The molecule has 0 spiro atoms. The van der Waals surface area contributed by atoms with Crippen LogP contribution in [0, 0.1) is 23.7 Å². The standard InChI is InChI=1S/C13H21NO/c1-3-8(2)14-7-11-9-4-5-10(6-9)12(11)13(14)15/h8-12H,3-7H2,1-2H3. The van der Waals surface area contributed by atoms with E-state index in [0.717, 1.165) is 30.7 Å². The highest BCUT2D eigenvalue weighted by atomic mass is 16.2. The van der Waals surface area contributed by atoms with Crippen molar-refractivity contribution in [3.8, 4) is 0 Å². The minimum atomic E-state index is 0.428. The van der Waals surface area contributed by atoms with Crippen LogP contribution in [0.2, 0.25) is 0 Å². The second-order valence-electron chi connectivity index (χ2n) is 5.77. The number of carbonyl (C=O) groups excluding carboxylic acids is 1. The Morgan fingerprint density at radius 2 is 2.13 bits per heavy atom. The number of hydrogen-bond acceptors (Lipinski definition) is 1. The van der Waals surface area contributed by atoms with E-state index in [1.165, 1.54) is 19.3 Å². The Morgan fingerprint density at radius 1 is 1.40 bits per heavy atom. The molecule has 0 aromatic rings. The zero-order valence-corrected chi connectivity index (χ0v) is 9.78. The lowest BCUT2D eigenvalue weighted by molar-refractivity contribution is -0.134. The van der Waals surface area contributed by atoms with Gasteiger partial charge in [0.1, 0.15) is 0 Å². The van der Waals surface area contributed by atoms with Crippen molar-refractivity contribution in [1.82, 2.24) is 4.90 Å². The average Bonchev–Trinajstić information content (AvgIpc) is 2.89. The summed E-state index contributed by atoms with van der Waals surface area (Å²) in [6.45, 7) is 5.45. The van der Waals surface area contributed by atoms with Crippen LogP contribution in [0.5, 0.6) is 0 Å². The van der Waals surface area contributed by atoms with Gasteiger partial charge in [0.2, 0.25) is 5.91 Å². The smallest absolute Gasteiger partial charge is 0.226 e. The van der Waals surface area contributed by atoms with E-state index >= 15 is 0 Å². The Kier molecular flexibility index (Phi) is 2.08. The minimum Gasteiger partial charge on any atom is -0.339 e. The zero-order chi connectivity index (χ0) is 10.6. The van der Waals surface area contributed by atoms with E-state index in [2.05, 4.69) is 18.7 Å². The molecule has 1 aliphatic heterocycles. The Bertz CT molecular complexity index is 288. The van der Waals surface area contributed by atoms with E-state index in [4.69, 9.17) is 0 Å². The fourth-order valence-electron chi connectivity index (χ4n) is 4.18. The van der Waals surface area contributed by atoms with E-state index < -0.39 is 0 Å². The van der Waals surface area contributed by atoms with E-state index in [1.807, 2.05) is 0 Å². The predicted molar refractivity (Wildman–Crippen MR) is 59.3 cm³/mol. The van der Waals surface area contributed by atoms with Crippen LogP contribution in [-0.4, -0.2) is 23.4 Å². The van der Waals surface area contributed by atoms with Crippen LogP contribution in [0.1, 0.15) is 39.5 Å². The molecule has 2 nitrogen and oxygen atoms in total. The number of carbonyl (C=O) groups is 1. The zero-order valence-electron chi connectivity index (χ0n) is 9.78. The quantitative estimate of drug-likeness (QED) is 0.680. The molecule has 0 radical (unpaired) electrons. The molecule has 0 aromatic heterocycles. The normalized spacial score (nSPS) is 44.9. The van der Waals surface area contributed by atoms with Crippen LogP contribution in [0.3, 0.4) is 0 Å². The van der Waals surface area contributed by atoms with Gasteiger partial charge in [-0.25, -0.2) is 0 Å². The van der Waals surface area contributed by atoms with Crippen LogP contribution in [0.4, 0.5) is 0 Å². The van der Waals surface area contributed by atoms with Crippen molar-refractivity contribution in [1.29, 1.82) is 0 Å². The molecule has 1 amide bonds. The van der Waals surface area contributed by atoms with E-state index in [0.29, 0.717) is 17.9 Å². The van der Waals surface area contributed by atoms with Gasteiger partial charge in [-0.3, -0.25) is 4.79 Å². The van der Waals surface area contributed by atoms with Gasteiger partial charge in [0.15, 0.2) is 0 Å². The van der Waals surface area contributed by atoms with Gasteiger partial charge in [-0.2, -0.15) is 0 Å². The fourth-order valence-corrected chi connectivity index (χ4v) is 4.18. The molecule has 0 aromatic carbocycles. The second-order valence-corrected chi connectivity index (χ2v) is 5.77. The minimum absolute atomic E-state index is 0.428. The first-order valence-corrected chi connectivity index (χ1v) is 6.52. The van der Waals surface area contributed by atoms with Gasteiger partial charge in [-0.05, 0) is 50.4 Å². The third-order valence-corrected chi connectivity index (χ3v) is 5.19. The first kappa shape index (κ1) is 9.68. The van der Waals surface area contributed by atoms with Crippen molar-refractivity contribution < 1.29 is 4.79 Å². The summed E-state index contributed by atoms with van der Waals surface area (Å²) < 4.78 is 0. The maximum atomic E-state index is 12.3. The van der Waals surface area contributed by atoms with Crippen LogP contribution >= 0.6 is 0 Å². The van der Waals surface area contributed by atoms with Gasteiger partial charge >= 0.3 is 0 Å². The summed E-state index contributed by atoms with van der Waals surface area (Å²) in [5.41, 5.74) is 0. The molecule has 15 heavy (non-hydrogen) atoms. The molecule has 3 aliphatic rings. The summed E-state index contributed by atoms with van der Waals surface area (Å²) in [7, 11) is 0. The third kappa shape index (κ3) is 1.20. The average molecular weight is 207 g/mol. The molecular formula is C13H21NO. The molecule has 5 atom stereocenters. The maximum Gasteiger partial charge on any atom is 0.226 e. The highest BCUT2D eigenvalue weighted by Crippen LogP contribution is 2.55. The highest BCUT2D eigenvalue weighted by Gasteiger charge is 2.56. The molecule has 5 unspecified atom stereocenters. The van der Waals surface area contributed by atoms with Gasteiger partial charge in [0.05, 0.1) is 0 Å². The lowest BCUT2D eigenvalue weighted by Crippen LogP contribution is -2.36. The largest absolute Gasteiger partial charge is 0.339 e.